The molecule has 0 aliphatic carbocycles. The number of pyridine rings is 1. The van der Waals surface area contributed by atoms with Crippen LogP contribution in [0.15, 0.2) is 23.3 Å². The Hall–Kier alpha value is -1.13. The molecule has 0 spiro atoms. The molecule has 1 aliphatic rings. The molecule has 0 atom stereocenters. The van der Waals surface area contributed by atoms with Crippen LogP contribution >= 0.6 is 24.0 Å². The number of guanidine groups is 1. The van der Waals surface area contributed by atoms with E-state index in [0.717, 1.165) is 70.7 Å². The number of ether oxygens (including phenoxy) is 2. The second-order valence-electron chi connectivity index (χ2n) is 5.84. The first kappa shape index (κ1) is 22.9. The molecule has 2 rings (SSSR count). The summed E-state index contributed by atoms with van der Waals surface area (Å²) in [6, 6.07) is 4.09. The van der Waals surface area contributed by atoms with Gasteiger partial charge in [0.15, 0.2) is 5.96 Å². The summed E-state index contributed by atoms with van der Waals surface area (Å²) < 4.78 is 10.8. The van der Waals surface area contributed by atoms with E-state index >= 15 is 0 Å². The number of aliphatic imine (C=N–C) groups is 1. The number of nitrogens with one attached hydrogen (secondary N) is 2. The summed E-state index contributed by atoms with van der Waals surface area (Å²) in [5.41, 5.74) is 1.17. The van der Waals surface area contributed by atoms with Crippen molar-refractivity contribution in [2.45, 2.75) is 26.3 Å². The lowest BCUT2D eigenvalue weighted by Crippen LogP contribution is -2.39. The third-order valence-corrected chi connectivity index (χ3v) is 4.06. The van der Waals surface area contributed by atoms with E-state index < -0.39 is 0 Å². The van der Waals surface area contributed by atoms with Crippen LogP contribution in [0.3, 0.4) is 0 Å². The fraction of sp³-hybridized carbons (Fsp3) is 0.667. The number of morpholine rings is 1. The van der Waals surface area contributed by atoms with Gasteiger partial charge in [-0.25, -0.2) is 4.98 Å². The lowest BCUT2D eigenvalue weighted by atomic mass is 10.2. The molecule has 26 heavy (non-hydrogen) atoms. The topological polar surface area (TPSA) is 71.0 Å². The summed E-state index contributed by atoms with van der Waals surface area (Å²) in [4.78, 5) is 11.1. The van der Waals surface area contributed by atoms with Gasteiger partial charge in [-0.2, -0.15) is 0 Å². The Labute approximate surface area is 174 Å². The predicted octanol–water partition coefficient (Wildman–Crippen LogP) is 2.02. The van der Waals surface area contributed by atoms with Crippen molar-refractivity contribution in [3.8, 4) is 0 Å². The van der Waals surface area contributed by atoms with Crippen LogP contribution < -0.4 is 15.5 Å². The zero-order valence-corrected chi connectivity index (χ0v) is 18.2. The minimum absolute atomic E-state index is 0. The second kappa shape index (κ2) is 14.0. The maximum Gasteiger partial charge on any atom is 0.191 e. The maximum absolute atomic E-state index is 5.43. The van der Waals surface area contributed by atoms with Crippen LogP contribution in [0.25, 0.3) is 0 Å². The van der Waals surface area contributed by atoms with Crippen molar-refractivity contribution in [1.82, 2.24) is 15.6 Å². The average molecular weight is 477 g/mol. The van der Waals surface area contributed by atoms with Crippen LogP contribution in [0, 0.1) is 0 Å². The van der Waals surface area contributed by atoms with Crippen molar-refractivity contribution in [2.24, 2.45) is 4.99 Å². The summed E-state index contributed by atoms with van der Waals surface area (Å²) in [5, 5.41) is 6.72. The normalized spacial score (nSPS) is 14.7. The fourth-order valence-corrected chi connectivity index (χ4v) is 2.71. The van der Waals surface area contributed by atoms with Gasteiger partial charge in [0.25, 0.3) is 0 Å². The molecule has 1 aliphatic heterocycles. The van der Waals surface area contributed by atoms with Gasteiger partial charge in [0.1, 0.15) is 5.82 Å². The van der Waals surface area contributed by atoms with Crippen LogP contribution in [0.5, 0.6) is 0 Å². The largest absolute Gasteiger partial charge is 0.382 e. The molecule has 1 aromatic rings. The van der Waals surface area contributed by atoms with Gasteiger partial charge >= 0.3 is 0 Å². The maximum atomic E-state index is 5.43. The average Bonchev–Trinajstić information content (AvgIpc) is 2.68. The number of rotatable bonds is 9. The first-order chi connectivity index (χ1) is 12.3. The van der Waals surface area contributed by atoms with Crippen molar-refractivity contribution in [2.75, 3.05) is 58.0 Å². The lowest BCUT2D eigenvalue weighted by molar-refractivity contribution is 0.122. The number of hydrogen-bond donors (Lipinski definition) is 2. The van der Waals surface area contributed by atoms with Crippen LogP contribution in [-0.2, 0) is 16.0 Å². The summed E-state index contributed by atoms with van der Waals surface area (Å²) in [6.07, 6.45) is 3.97. The molecule has 0 unspecified atom stereocenters. The van der Waals surface area contributed by atoms with Gasteiger partial charge < -0.3 is 25.0 Å². The van der Waals surface area contributed by atoms with E-state index in [1.165, 1.54) is 5.56 Å². The molecule has 0 radical (unpaired) electrons. The Morgan fingerprint density at radius 2 is 2.12 bits per heavy atom. The van der Waals surface area contributed by atoms with Gasteiger partial charge in [-0.15, -0.1) is 24.0 Å². The standard InChI is InChI=1S/C18H31N5O2.HI/c1-3-24-12-5-4-8-21-18(19-2)22-15-16-7-6-9-20-17(16)23-10-13-25-14-11-23;/h6-7,9H,3-5,8,10-15H2,1-2H3,(H2,19,21,22);1H. The van der Waals surface area contributed by atoms with Crippen LogP contribution in [-0.4, -0.2) is 64.1 Å². The van der Waals surface area contributed by atoms with Crippen LogP contribution in [0.2, 0.25) is 0 Å². The third kappa shape index (κ3) is 8.05. The van der Waals surface area contributed by atoms with Crippen LogP contribution in [0.4, 0.5) is 5.82 Å². The molecule has 0 bridgehead atoms. The fourth-order valence-electron chi connectivity index (χ4n) is 2.71. The quantitative estimate of drug-likeness (QED) is 0.246. The summed E-state index contributed by atoms with van der Waals surface area (Å²) in [6.45, 7) is 8.50. The van der Waals surface area contributed by atoms with E-state index in [4.69, 9.17) is 9.47 Å². The minimum Gasteiger partial charge on any atom is -0.382 e. The highest BCUT2D eigenvalue weighted by Crippen LogP contribution is 2.18. The lowest BCUT2D eigenvalue weighted by Gasteiger charge is -2.29. The van der Waals surface area contributed by atoms with Gasteiger partial charge in [0.2, 0.25) is 0 Å². The van der Waals surface area contributed by atoms with E-state index in [0.29, 0.717) is 6.54 Å². The molecule has 0 aromatic carbocycles. The highest BCUT2D eigenvalue weighted by molar-refractivity contribution is 14.0. The smallest absolute Gasteiger partial charge is 0.191 e. The van der Waals surface area contributed by atoms with Crippen molar-refractivity contribution >= 4 is 35.8 Å². The third-order valence-electron chi connectivity index (χ3n) is 4.06. The number of unbranched alkanes of at least 4 members (excludes halogenated alkanes) is 1. The molecular weight excluding hydrogens is 445 g/mol. The van der Waals surface area contributed by atoms with Gasteiger partial charge in [-0.05, 0) is 25.8 Å². The van der Waals surface area contributed by atoms with Crippen molar-refractivity contribution < 1.29 is 9.47 Å². The Morgan fingerprint density at radius 3 is 2.85 bits per heavy atom. The molecule has 1 aromatic heterocycles. The first-order valence-electron chi connectivity index (χ1n) is 9.14. The molecule has 7 nitrogen and oxygen atoms in total. The monoisotopic (exact) mass is 477 g/mol. The highest BCUT2D eigenvalue weighted by Gasteiger charge is 2.15. The molecule has 0 amide bonds. The number of anilines is 1. The Balaban J connectivity index is 0.00000338. The van der Waals surface area contributed by atoms with Gasteiger partial charge in [0, 0.05) is 58.2 Å². The van der Waals surface area contributed by atoms with Gasteiger partial charge in [0.05, 0.1) is 13.2 Å². The van der Waals surface area contributed by atoms with E-state index in [-0.39, 0.29) is 24.0 Å². The zero-order valence-electron chi connectivity index (χ0n) is 15.9. The van der Waals surface area contributed by atoms with E-state index in [1.54, 1.807) is 7.05 Å². The van der Waals surface area contributed by atoms with E-state index in [9.17, 15) is 0 Å². The molecule has 0 saturated carbocycles. The second-order valence-corrected chi connectivity index (χ2v) is 5.84. The molecular formula is C18H32IN5O2. The number of nitrogens with zero attached hydrogens (tertiary/aromatic N) is 3. The number of hydrogen-bond acceptors (Lipinski definition) is 5. The molecule has 8 heteroatoms. The highest BCUT2D eigenvalue weighted by atomic mass is 127. The van der Waals surface area contributed by atoms with Crippen molar-refractivity contribution in [3.05, 3.63) is 23.9 Å². The predicted molar refractivity (Wildman–Crippen MR) is 117 cm³/mol. The van der Waals surface area contributed by atoms with Crippen molar-refractivity contribution in [3.63, 3.8) is 0 Å². The van der Waals surface area contributed by atoms with E-state index in [2.05, 4.69) is 31.6 Å². The molecule has 2 N–H and O–H groups in total. The minimum atomic E-state index is 0. The first-order valence-corrected chi connectivity index (χ1v) is 9.14. The Kier molecular flexibility index (Phi) is 12.3. The molecule has 1 saturated heterocycles. The molecule has 148 valence electrons. The van der Waals surface area contributed by atoms with Crippen LogP contribution in [0.1, 0.15) is 25.3 Å². The Morgan fingerprint density at radius 1 is 1.31 bits per heavy atom. The van der Waals surface area contributed by atoms with Gasteiger partial charge in [-0.1, -0.05) is 6.07 Å². The van der Waals surface area contributed by atoms with Gasteiger partial charge in [-0.3, -0.25) is 4.99 Å². The molecule has 2 heterocycles. The summed E-state index contributed by atoms with van der Waals surface area (Å²) in [7, 11) is 1.79. The SMILES string of the molecule is CCOCCCCNC(=NC)NCc1cccnc1N1CCOCC1.I. The Bertz CT molecular complexity index is 524. The summed E-state index contributed by atoms with van der Waals surface area (Å²) in [5.74, 6) is 1.85. The summed E-state index contributed by atoms with van der Waals surface area (Å²) >= 11 is 0. The number of halogens is 1. The van der Waals surface area contributed by atoms with E-state index in [1.807, 2.05) is 19.2 Å². The molecule has 1 fully saturated rings. The number of aromatic nitrogens is 1. The zero-order chi connectivity index (χ0) is 17.7. The van der Waals surface area contributed by atoms with Crippen molar-refractivity contribution in [1.29, 1.82) is 0 Å².